The third-order valence-electron chi connectivity index (χ3n) is 12.3. The number of nitrogens with one attached hydrogen (secondary N) is 1. The molecular weight excluding hydrogens is 981 g/mol. The van der Waals surface area contributed by atoms with E-state index >= 15 is 0 Å². The van der Waals surface area contributed by atoms with E-state index in [1.54, 1.807) is 48.1 Å². The molecule has 5 aromatic carbocycles. The Kier molecular flexibility index (Phi) is 17.4. The van der Waals surface area contributed by atoms with Crippen molar-refractivity contribution in [3.05, 3.63) is 168 Å². The van der Waals surface area contributed by atoms with Gasteiger partial charge in [0.2, 0.25) is 0 Å². The average molecular weight is 1040 g/mol. The second-order valence-electron chi connectivity index (χ2n) is 18.5. The topological polar surface area (TPSA) is 212 Å². The minimum atomic E-state index is -1.10. The molecule has 4 heterocycles. The highest BCUT2D eigenvalue weighted by atomic mass is 35.5. The number of hydrogen-bond acceptors (Lipinski definition) is 10. The highest BCUT2D eigenvalue weighted by molar-refractivity contribution is 6.35. The number of para-hydroxylation sites is 2. The van der Waals surface area contributed by atoms with Crippen LogP contribution in [0.25, 0.3) is 33.2 Å². The second kappa shape index (κ2) is 23.6. The van der Waals surface area contributed by atoms with Crippen molar-refractivity contribution in [3.63, 3.8) is 0 Å². The van der Waals surface area contributed by atoms with Crippen LogP contribution in [0.1, 0.15) is 106 Å². The van der Waals surface area contributed by atoms with E-state index < -0.39 is 29.7 Å². The number of rotatable bonds is 6. The Labute approximate surface area is 431 Å². The fraction of sp³-hybridized carbons (Fsp3) is 0.315. The summed E-state index contributed by atoms with van der Waals surface area (Å²) in [4.78, 5) is 70.1. The Morgan fingerprint density at radius 1 is 0.653 bits per heavy atom. The lowest BCUT2D eigenvalue weighted by Gasteiger charge is -2.26. The second-order valence-corrected chi connectivity index (χ2v) is 19.7. The predicted molar refractivity (Wildman–Crippen MR) is 282 cm³/mol. The molecule has 2 aliphatic heterocycles. The molecule has 72 heavy (non-hydrogen) atoms. The van der Waals surface area contributed by atoms with Crippen molar-refractivity contribution in [2.45, 2.75) is 95.7 Å². The lowest BCUT2D eigenvalue weighted by Crippen LogP contribution is -2.43. The Morgan fingerprint density at radius 2 is 1.17 bits per heavy atom. The van der Waals surface area contributed by atoms with Crippen LogP contribution in [0.15, 0.2) is 125 Å². The van der Waals surface area contributed by atoms with Gasteiger partial charge in [-0.05, 0) is 127 Å². The molecule has 1 amide bonds. The van der Waals surface area contributed by atoms with Crippen molar-refractivity contribution in [2.75, 3.05) is 18.8 Å². The lowest BCUT2D eigenvalue weighted by atomic mass is 10.1. The number of aliphatic carboxylic acids is 1. The van der Waals surface area contributed by atoms with Crippen molar-refractivity contribution in [1.82, 2.24) is 29.3 Å². The van der Waals surface area contributed by atoms with Crippen LogP contribution in [0.5, 0.6) is 0 Å². The molecule has 3 fully saturated rings. The van der Waals surface area contributed by atoms with Crippen LogP contribution < -0.4 is 22.2 Å². The smallest absolute Gasteiger partial charge is 0.411 e. The van der Waals surface area contributed by atoms with Gasteiger partial charge in [0.05, 0.1) is 54.3 Å². The molecule has 2 saturated heterocycles. The first-order valence-corrected chi connectivity index (χ1v) is 24.8. The van der Waals surface area contributed by atoms with Gasteiger partial charge in [-0.25, -0.2) is 24.4 Å². The zero-order valence-corrected chi connectivity index (χ0v) is 42.3. The van der Waals surface area contributed by atoms with E-state index in [-0.39, 0.29) is 33.4 Å². The summed E-state index contributed by atoms with van der Waals surface area (Å²) in [6.07, 6.45) is 7.33. The van der Waals surface area contributed by atoms with Crippen molar-refractivity contribution in [2.24, 2.45) is 0 Å². The number of aromatic nitrogens is 4. The number of nitrogens with zero attached hydrogens (tertiary/aromatic N) is 5. The van der Waals surface area contributed by atoms with Gasteiger partial charge in [-0.2, -0.15) is 0 Å². The molecule has 1 unspecified atom stereocenters. The standard InChI is InChI=1S/C19H17ClN2O.C18H16ClN3O.C10H17NO4.C7H6ClNO2/c20-15-11-6-12-16-17(15)19(23)22(14-9-2-1-3-10-14)18(21-16)13-7-4-5-8-13;19-13-8-4-9-14-16(13)18(23)22(12-6-2-1-3-7-12)17(21-14)15-10-5-11-20-15;1-10(2,3)15-9(14)11-6-4-5-7(11)8(12)13;8-4-2-1-3-5(9)6(4)7(10)11/h1-3,6,9-13H,4-5,7-8H2;1-4,6-9,15,20H,5,10-11H2;7H,4-6H2,1-3H3,(H,12,13);1-3H,9H2,(H,10,11)/t;15-;;/m.0../s1. The molecule has 1 aliphatic carbocycles. The molecule has 0 spiro atoms. The van der Waals surface area contributed by atoms with Crippen LogP contribution in [-0.4, -0.2) is 77.0 Å². The number of amides is 1. The van der Waals surface area contributed by atoms with Gasteiger partial charge in [-0.3, -0.25) is 23.6 Å². The highest BCUT2D eigenvalue weighted by Crippen LogP contribution is 2.35. The van der Waals surface area contributed by atoms with Crippen LogP contribution in [0.3, 0.4) is 0 Å². The van der Waals surface area contributed by atoms with E-state index in [2.05, 4.69) is 5.32 Å². The van der Waals surface area contributed by atoms with E-state index in [0.29, 0.717) is 50.7 Å². The van der Waals surface area contributed by atoms with Crippen molar-refractivity contribution >= 4 is 80.3 Å². The number of anilines is 1. The van der Waals surface area contributed by atoms with Gasteiger partial charge in [-0.1, -0.05) is 102 Å². The number of ether oxygens (including phenoxy) is 1. The van der Waals surface area contributed by atoms with Crippen molar-refractivity contribution in [1.29, 1.82) is 0 Å². The summed E-state index contributed by atoms with van der Waals surface area (Å²) in [6.45, 7) is 6.69. The van der Waals surface area contributed by atoms with Crippen LogP contribution in [0.4, 0.5) is 10.5 Å². The third-order valence-corrected chi connectivity index (χ3v) is 13.2. The van der Waals surface area contributed by atoms with E-state index in [4.69, 9.17) is 65.5 Å². The number of carbonyl (C=O) groups excluding carboxylic acids is 1. The summed E-state index contributed by atoms with van der Waals surface area (Å²) >= 11 is 18.1. The maximum Gasteiger partial charge on any atom is 0.411 e. The fourth-order valence-corrected chi connectivity index (χ4v) is 9.76. The highest BCUT2D eigenvalue weighted by Gasteiger charge is 2.36. The van der Waals surface area contributed by atoms with E-state index in [0.717, 1.165) is 61.7 Å². The zero-order valence-electron chi connectivity index (χ0n) is 40.1. The Bertz CT molecular complexity index is 3010. The maximum atomic E-state index is 13.2. The Morgan fingerprint density at radius 3 is 1.64 bits per heavy atom. The minimum Gasteiger partial charge on any atom is -0.480 e. The number of carbonyl (C=O) groups is 3. The third kappa shape index (κ3) is 12.4. The number of carboxylic acid groups (broad SMARTS) is 2. The van der Waals surface area contributed by atoms with Gasteiger partial charge in [0, 0.05) is 18.2 Å². The molecule has 0 bridgehead atoms. The molecule has 10 rings (SSSR count). The lowest BCUT2D eigenvalue weighted by molar-refractivity contribution is -0.142. The molecule has 0 radical (unpaired) electrons. The number of nitrogen functional groups attached to an aromatic ring is 1. The maximum absolute atomic E-state index is 13.2. The van der Waals surface area contributed by atoms with E-state index in [9.17, 15) is 24.0 Å². The molecule has 1 saturated carbocycles. The quantitative estimate of drug-likeness (QED) is 0.115. The van der Waals surface area contributed by atoms with Crippen molar-refractivity contribution in [3.8, 4) is 11.4 Å². The van der Waals surface area contributed by atoms with Crippen LogP contribution in [0.2, 0.25) is 15.1 Å². The SMILES string of the molecule is CC(C)(C)OC(=O)N1CCCC1C(=O)O.Nc1cccc(Cl)c1C(=O)O.O=c1c2c(Cl)cccc2nc(C2CCCC2)n1-c1ccccc1.O=c1c2c(Cl)cccc2nc([C@@H]2CCCN2)n1-c1ccccc1. The molecule has 2 aromatic heterocycles. The Balaban J connectivity index is 0.000000147. The van der Waals surface area contributed by atoms with Crippen LogP contribution in [0, 0.1) is 0 Å². The number of halogens is 3. The van der Waals surface area contributed by atoms with Gasteiger partial charge >= 0.3 is 18.0 Å². The zero-order chi connectivity index (χ0) is 51.7. The summed E-state index contributed by atoms with van der Waals surface area (Å²) in [7, 11) is 0. The summed E-state index contributed by atoms with van der Waals surface area (Å²) in [5.41, 5.74) is 7.75. The molecule has 5 N–H and O–H groups in total. The largest absolute Gasteiger partial charge is 0.480 e. The molecule has 2 atom stereocenters. The first-order valence-electron chi connectivity index (χ1n) is 23.7. The summed E-state index contributed by atoms with van der Waals surface area (Å²) in [5, 5.41) is 22.9. The number of nitrogens with two attached hydrogens (primary N) is 1. The summed E-state index contributed by atoms with van der Waals surface area (Å²) < 4.78 is 8.57. The van der Waals surface area contributed by atoms with Crippen molar-refractivity contribution < 1.29 is 29.3 Å². The number of fused-ring (bicyclic) bond motifs is 2. The van der Waals surface area contributed by atoms with E-state index in [1.165, 1.54) is 29.9 Å². The van der Waals surface area contributed by atoms with Gasteiger partial charge < -0.3 is 26.0 Å². The normalized spacial score (nSPS) is 16.5. The van der Waals surface area contributed by atoms with Crippen LogP contribution >= 0.6 is 34.8 Å². The number of likely N-dealkylation sites (tertiary alicyclic amines) is 1. The summed E-state index contributed by atoms with van der Waals surface area (Å²) in [5.74, 6) is -0.0975. The molecule has 3 aliphatic rings. The summed E-state index contributed by atoms with van der Waals surface area (Å²) in [6, 6.07) is 34.2. The Hall–Kier alpha value is -6.78. The van der Waals surface area contributed by atoms with E-state index in [1.807, 2.05) is 84.9 Å². The molecule has 15 nitrogen and oxygen atoms in total. The van der Waals surface area contributed by atoms with Crippen LogP contribution in [-0.2, 0) is 9.53 Å². The molecule has 18 heteroatoms. The average Bonchev–Trinajstić information content (AvgIpc) is 4.17. The van der Waals surface area contributed by atoms with Gasteiger partial charge in [0.1, 0.15) is 28.9 Å². The molecular formula is C54H56Cl3N7O8. The monoisotopic (exact) mass is 1040 g/mol. The van der Waals surface area contributed by atoms with Gasteiger partial charge in [-0.15, -0.1) is 0 Å². The van der Waals surface area contributed by atoms with Gasteiger partial charge in [0.25, 0.3) is 11.1 Å². The number of hydrogen-bond donors (Lipinski definition) is 4. The first kappa shape index (κ1) is 53.0. The minimum absolute atomic E-state index is 0.0332. The fourth-order valence-electron chi connectivity index (χ4n) is 8.99. The molecule has 376 valence electrons. The number of benzene rings is 5. The first-order chi connectivity index (χ1) is 34.4. The predicted octanol–water partition coefficient (Wildman–Crippen LogP) is 11.3. The molecule has 7 aromatic rings. The number of carboxylic acids is 2. The van der Waals surface area contributed by atoms with Gasteiger partial charge in [0.15, 0.2) is 0 Å². The number of aromatic carboxylic acids is 1.